The minimum atomic E-state index is -3.10. The fourth-order valence-corrected chi connectivity index (χ4v) is 6.52. The van der Waals surface area contributed by atoms with Crippen molar-refractivity contribution in [3.05, 3.63) is 28.2 Å². The fraction of sp³-hybridized carbons (Fsp3) is 0.632. The average Bonchev–Trinajstić information content (AvgIpc) is 2.95. The van der Waals surface area contributed by atoms with Crippen LogP contribution in [0.4, 0.5) is 0 Å². The molecule has 6 nitrogen and oxygen atoms in total. The van der Waals surface area contributed by atoms with Crippen LogP contribution in [-0.2, 0) is 21.1 Å². The van der Waals surface area contributed by atoms with Gasteiger partial charge in [-0.05, 0) is 66.0 Å². The summed E-state index contributed by atoms with van der Waals surface area (Å²) in [5, 5.41) is 2.99. The minimum Gasteiger partial charge on any atom is -0.496 e. The molecule has 0 spiro atoms. The standard InChI is InChI=1S/C19H27BrN2O4S/c1-26-18-7-5-14(11-15(18)20)6-8-19(23)21-16-12-27(24,25)13-17(16)22-9-3-2-4-10-22/h5,7,11,16-17H,2-4,6,8-10,12-13H2,1H3,(H,21,23). The molecule has 8 heteroatoms. The number of methoxy groups -OCH3 is 1. The number of carbonyl (C=O) groups excluding carboxylic acids is 1. The summed E-state index contributed by atoms with van der Waals surface area (Å²) in [4.78, 5) is 14.7. The van der Waals surface area contributed by atoms with Gasteiger partial charge in [0.25, 0.3) is 0 Å². The molecular formula is C19H27BrN2O4S. The van der Waals surface area contributed by atoms with Crippen LogP contribution in [0.2, 0.25) is 0 Å². The van der Waals surface area contributed by atoms with E-state index in [0.717, 1.165) is 41.7 Å². The number of benzene rings is 1. The molecule has 2 unspecified atom stereocenters. The Balaban J connectivity index is 1.57. The Morgan fingerprint density at radius 3 is 2.67 bits per heavy atom. The van der Waals surface area contributed by atoms with E-state index in [1.54, 1.807) is 7.11 Å². The Bertz CT molecular complexity index is 778. The quantitative estimate of drug-likeness (QED) is 0.706. The van der Waals surface area contributed by atoms with Crippen molar-refractivity contribution in [2.24, 2.45) is 0 Å². The number of ether oxygens (including phenoxy) is 1. The van der Waals surface area contributed by atoms with Crippen molar-refractivity contribution in [1.29, 1.82) is 0 Å². The lowest BCUT2D eigenvalue weighted by Crippen LogP contribution is -2.52. The van der Waals surface area contributed by atoms with Crippen LogP contribution >= 0.6 is 15.9 Å². The minimum absolute atomic E-state index is 0.0496. The van der Waals surface area contributed by atoms with Crippen LogP contribution in [0.3, 0.4) is 0 Å². The predicted octanol–water partition coefficient (Wildman–Crippen LogP) is 2.16. The zero-order valence-electron chi connectivity index (χ0n) is 15.6. The Morgan fingerprint density at radius 1 is 1.26 bits per heavy atom. The van der Waals surface area contributed by atoms with Crippen molar-refractivity contribution in [3.8, 4) is 5.75 Å². The Hall–Kier alpha value is -1.12. The summed E-state index contributed by atoms with van der Waals surface area (Å²) >= 11 is 3.45. The molecule has 1 N–H and O–H groups in total. The van der Waals surface area contributed by atoms with Crippen molar-refractivity contribution in [3.63, 3.8) is 0 Å². The largest absolute Gasteiger partial charge is 0.496 e. The summed E-state index contributed by atoms with van der Waals surface area (Å²) in [7, 11) is -1.48. The molecule has 2 aliphatic rings. The third-order valence-corrected chi connectivity index (χ3v) is 7.72. The predicted molar refractivity (Wildman–Crippen MR) is 109 cm³/mol. The van der Waals surface area contributed by atoms with E-state index in [2.05, 4.69) is 26.1 Å². The van der Waals surface area contributed by atoms with Gasteiger partial charge in [-0.15, -0.1) is 0 Å². The lowest BCUT2D eigenvalue weighted by Gasteiger charge is -2.35. The van der Waals surface area contributed by atoms with Gasteiger partial charge in [0.1, 0.15) is 5.75 Å². The normalized spacial score (nSPS) is 25.3. The maximum absolute atomic E-state index is 12.5. The van der Waals surface area contributed by atoms with Crippen LogP contribution in [0.25, 0.3) is 0 Å². The maximum atomic E-state index is 12.5. The van der Waals surface area contributed by atoms with Gasteiger partial charge in [-0.2, -0.15) is 0 Å². The number of nitrogens with zero attached hydrogens (tertiary/aromatic N) is 1. The molecule has 1 aromatic rings. The van der Waals surface area contributed by atoms with E-state index in [-0.39, 0.29) is 29.5 Å². The van der Waals surface area contributed by atoms with Gasteiger partial charge < -0.3 is 10.1 Å². The van der Waals surface area contributed by atoms with Crippen molar-refractivity contribution < 1.29 is 17.9 Å². The second-order valence-corrected chi connectivity index (χ2v) is 10.4. The number of carbonyl (C=O) groups is 1. The van der Waals surface area contributed by atoms with Crippen LogP contribution in [-0.4, -0.2) is 63.0 Å². The van der Waals surface area contributed by atoms with E-state index in [4.69, 9.17) is 4.74 Å². The summed E-state index contributed by atoms with van der Waals surface area (Å²) in [6, 6.07) is 5.36. The van der Waals surface area contributed by atoms with E-state index >= 15 is 0 Å². The number of likely N-dealkylation sites (tertiary alicyclic amines) is 1. The van der Waals surface area contributed by atoms with Crippen LogP contribution in [0.1, 0.15) is 31.2 Å². The monoisotopic (exact) mass is 458 g/mol. The zero-order valence-corrected chi connectivity index (χ0v) is 18.0. The topological polar surface area (TPSA) is 75.7 Å². The second kappa shape index (κ2) is 8.92. The molecule has 2 heterocycles. The molecule has 0 aliphatic carbocycles. The number of rotatable bonds is 6. The molecule has 2 aliphatic heterocycles. The molecule has 0 aromatic heterocycles. The number of hydrogen-bond donors (Lipinski definition) is 1. The molecule has 2 fully saturated rings. The van der Waals surface area contributed by atoms with Gasteiger partial charge in [0.05, 0.1) is 29.1 Å². The fourth-order valence-electron chi connectivity index (χ4n) is 3.98. The Labute approximate surface area is 169 Å². The van der Waals surface area contributed by atoms with E-state index in [0.29, 0.717) is 12.8 Å². The lowest BCUT2D eigenvalue weighted by molar-refractivity contribution is -0.122. The van der Waals surface area contributed by atoms with Gasteiger partial charge in [-0.25, -0.2) is 8.42 Å². The van der Waals surface area contributed by atoms with Crippen LogP contribution in [0.15, 0.2) is 22.7 Å². The smallest absolute Gasteiger partial charge is 0.220 e. The van der Waals surface area contributed by atoms with Crippen LogP contribution in [0.5, 0.6) is 5.75 Å². The second-order valence-electron chi connectivity index (χ2n) is 7.38. The Kier molecular flexibility index (Phi) is 6.81. The number of nitrogens with one attached hydrogen (secondary N) is 1. The summed E-state index contributed by atoms with van der Waals surface area (Å²) in [6.45, 7) is 1.85. The molecule has 0 radical (unpaired) electrons. The highest BCUT2D eigenvalue weighted by Gasteiger charge is 2.41. The summed E-state index contributed by atoms with van der Waals surface area (Å²) in [5.74, 6) is 0.868. The highest BCUT2D eigenvalue weighted by atomic mass is 79.9. The highest BCUT2D eigenvalue weighted by Crippen LogP contribution is 2.26. The SMILES string of the molecule is COc1ccc(CCC(=O)NC2CS(=O)(=O)CC2N2CCCCC2)cc1Br. The van der Waals surface area contributed by atoms with Gasteiger partial charge in [0.2, 0.25) is 5.91 Å². The third-order valence-electron chi connectivity index (χ3n) is 5.39. The van der Waals surface area contributed by atoms with Crippen molar-refractivity contribution in [1.82, 2.24) is 10.2 Å². The summed E-state index contributed by atoms with van der Waals surface area (Å²) < 4.78 is 30.4. The molecular weight excluding hydrogens is 432 g/mol. The van der Waals surface area contributed by atoms with Crippen LogP contribution in [0, 0.1) is 0 Å². The first-order chi connectivity index (χ1) is 12.9. The zero-order chi connectivity index (χ0) is 19.4. The summed E-state index contributed by atoms with van der Waals surface area (Å²) in [5.41, 5.74) is 1.03. The number of aryl methyl sites for hydroxylation is 1. The van der Waals surface area contributed by atoms with E-state index in [9.17, 15) is 13.2 Å². The van der Waals surface area contributed by atoms with Gasteiger partial charge >= 0.3 is 0 Å². The Morgan fingerprint density at radius 2 is 2.00 bits per heavy atom. The average molecular weight is 459 g/mol. The van der Waals surface area contributed by atoms with E-state index in [1.807, 2.05) is 18.2 Å². The number of sulfone groups is 1. The first kappa shape index (κ1) is 20.6. The highest BCUT2D eigenvalue weighted by molar-refractivity contribution is 9.10. The molecule has 2 saturated heterocycles. The van der Waals surface area contributed by atoms with Crippen molar-refractivity contribution in [2.75, 3.05) is 31.7 Å². The third kappa shape index (κ3) is 5.45. The van der Waals surface area contributed by atoms with Gasteiger partial charge in [0, 0.05) is 12.5 Å². The van der Waals surface area contributed by atoms with Crippen molar-refractivity contribution >= 4 is 31.7 Å². The maximum Gasteiger partial charge on any atom is 0.220 e. The van der Waals surface area contributed by atoms with Gasteiger partial charge in [0.15, 0.2) is 9.84 Å². The molecule has 1 amide bonds. The van der Waals surface area contributed by atoms with Gasteiger partial charge in [-0.3, -0.25) is 9.69 Å². The molecule has 27 heavy (non-hydrogen) atoms. The molecule has 3 rings (SSSR count). The first-order valence-electron chi connectivity index (χ1n) is 9.44. The molecule has 0 saturated carbocycles. The molecule has 150 valence electrons. The first-order valence-corrected chi connectivity index (χ1v) is 12.1. The number of halogens is 1. The van der Waals surface area contributed by atoms with E-state index in [1.165, 1.54) is 6.42 Å². The number of piperidine rings is 1. The van der Waals surface area contributed by atoms with Gasteiger partial charge in [-0.1, -0.05) is 12.5 Å². The van der Waals surface area contributed by atoms with Crippen molar-refractivity contribution in [2.45, 2.75) is 44.2 Å². The number of hydrogen-bond acceptors (Lipinski definition) is 5. The molecule has 1 aromatic carbocycles. The summed E-state index contributed by atoms with van der Waals surface area (Å²) in [6.07, 6.45) is 4.34. The lowest BCUT2D eigenvalue weighted by atomic mass is 10.0. The number of amides is 1. The van der Waals surface area contributed by atoms with E-state index < -0.39 is 9.84 Å². The molecule has 0 bridgehead atoms. The van der Waals surface area contributed by atoms with Crippen LogP contribution < -0.4 is 10.1 Å². The molecule has 2 atom stereocenters.